The highest BCUT2D eigenvalue weighted by atomic mass is 32.2. The zero-order valence-corrected chi connectivity index (χ0v) is 10.4. The highest BCUT2D eigenvalue weighted by Crippen LogP contribution is 2.35. The van der Waals surface area contributed by atoms with Crippen molar-refractivity contribution >= 4 is 9.84 Å². The predicted molar refractivity (Wildman–Crippen MR) is 60.7 cm³/mol. The molecule has 15 heavy (non-hydrogen) atoms. The van der Waals surface area contributed by atoms with Crippen LogP contribution in [0.25, 0.3) is 0 Å². The average molecular weight is 235 g/mol. The summed E-state index contributed by atoms with van der Waals surface area (Å²) in [4.78, 5) is 0. The monoisotopic (exact) mass is 235 g/mol. The Morgan fingerprint density at radius 1 is 1.47 bits per heavy atom. The predicted octanol–water partition coefficient (Wildman–Crippen LogP) is 0.437. The van der Waals surface area contributed by atoms with Crippen molar-refractivity contribution < 1.29 is 13.2 Å². The summed E-state index contributed by atoms with van der Waals surface area (Å²) in [6, 6.07) is 0. The highest BCUT2D eigenvalue weighted by Gasteiger charge is 2.41. The van der Waals surface area contributed by atoms with E-state index in [4.69, 9.17) is 4.74 Å². The summed E-state index contributed by atoms with van der Waals surface area (Å²) in [6.45, 7) is 4.07. The van der Waals surface area contributed by atoms with Crippen molar-refractivity contribution in [1.29, 1.82) is 0 Å². The molecule has 4 nitrogen and oxygen atoms in total. The van der Waals surface area contributed by atoms with E-state index in [1.165, 1.54) is 0 Å². The van der Waals surface area contributed by atoms with E-state index >= 15 is 0 Å². The van der Waals surface area contributed by atoms with E-state index in [0.717, 1.165) is 19.4 Å². The van der Waals surface area contributed by atoms with Gasteiger partial charge in [0, 0.05) is 19.8 Å². The summed E-state index contributed by atoms with van der Waals surface area (Å²) in [6.07, 6.45) is 1.60. The fourth-order valence-corrected chi connectivity index (χ4v) is 4.43. The van der Waals surface area contributed by atoms with Gasteiger partial charge in [0.2, 0.25) is 0 Å². The molecule has 0 spiro atoms. The maximum Gasteiger partial charge on any atom is 0.150 e. The van der Waals surface area contributed by atoms with Crippen LogP contribution in [0.1, 0.15) is 19.8 Å². The van der Waals surface area contributed by atoms with Gasteiger partial charge in [0.25, 0.3) is 0 Å². The molecule has 5 heteroatoms. The second-order valence-corrected chi connectivity index (χ2v) is 6.50. The number of hydrogen-bond donors (Lipinski definition) is 1. The molecule has 0 bridgehead atoms. The lowest BCUT2D eigenvalue weighted by Crippen LogP contribution is -2.35. The third kappa shape index (κ3) is 3.74. The van der Waals surface area contributed by atoms with E-state index < -0.39 is 9.84 Å². The van der Waals surface area contributed by atoms with Crippen LogP contribution in [0.5, 0.6) is 0 Å². The van der Waals surface area contributed by atoms with Gasteiger partial charge in [0.1, 0.15) is 0 Å². The minimum absolute atomic E-state index is 0.0945. The van der Waals surface area contributed by atoms with Crippen LogP contribution < -0.4 is 5.32 Å². The van der Waals surface area contributed by atoms with Crippen LogP contribution in [0.4, 0.5) is 0 Å². The van der Waals surface area contributed by atoms with Gasteiger partial charge in [-0.1, -0.05) is 0 Å². The number of hydrogen-bond acceptors (Lipinski definition) is 4. The van der Waals surface area contributed by atoms with Crippen LogP contribution in [-0.2, 0) is 14.6 Å². The number of nitrogens with one attached hydrogen (secondary N) is 1. The Morgan fingerprint density at radius 3 is 2.67 bits per heavy atom. The van der Waals surface area contributed by atoms with Crippen LogP contribution >= 0.6 is 0 Å². The number of rotatable bonds is 6. The molecule has 1 rings (SSSR count). The van der Waals surface area contributed by atoms with Crippen molar-refractivity contribution in [1.82, 2.24) is 5.32 Å². The van der Waals surface area contributed by atoms with Crippen LogP contribution in [0.2, 0.25) is 0 Å². The van der Waals surface area contributed by atoms with Gasteiger partial charge in [-0.05, 0) is 32.2 Å². The van der Waals surface area contributed by atoms with Gasteiger partial charge in [0.15, 0.2) is 9.84 Å². The zero-order valence-electron chi connectivity index (χ0n) is 9.58. The van der Waals surface area contributed by atoms with E-state index in [1.807, 2.05) is 14.0 Å². The Kier molecular flexibility index (Phi) is 4.55. The molecule has 0 aromatic rings. The fourth-order valence-electron chi connectivity index (χ4n) is 2.22. The zero-order chi connectivity index (χ0) is 11.4. The summed E-state index contributed by atoms with van der Waals surface area (Å²) < 4.78 is 28.3. The van der Waals surface area contributed by atoms with Crippen molar-refractivity contribution in [3.05, 3.63) is 0 Å². The lowest BCUT2D eigenvalue weighted by atomic mass is 9.84. The topological polar surface area (TPSA) is 55.4 Å². The third-order valence-electron chi connectivity index (χ3n) is 3.00. The largest absolute Gasteiger partial charge is 0.382 e. The second kappa shape index (κ2) is 5.27. The lowest BCUT2D eigenvalue weighted by Gasteiger charge is -2.27. The lowest BCUT2D eigenvalue weighted by molar-refractivity contribution is 0.110. The minimum Gasteiger partial charge on any atom is -0.382 e. The summed E-state index contributed by atoms with van der Waals surface area (Å²) >= 11 is 0. The molecule has 0 radical (unpaired) electrons. The van der Waals surface area contributed by atoms with Crippen molar-refractivity contribution in [2.75, 3.05) is 38.3 Å². The van der Waals surface area contributed by atoms with Gasteiger partial charge < -0.3 is 10.1 Å². The molecule has 1 atom stereocenters. The molecule has 1 fully saturated rings. The van der Waals surface area contributed by atoms with Crippen LogP contribution in [0.3, 0.4) is 0 Å². The van der Waals surface area contributed by atoms with Gasteiger partial charge in [-0.15, -0.1) is 0 Å². The maximum absolute atomic E-state index is 11.5. The Bertz CT molecular complexity index is 289. The Balaban J connectivity index is 2.56. The molecule has 1 aliphatic rings. The molecule has 1 aliphatic heterocycles. The fraction of sp³-hybridized carbons (Fsp3) is 1.00. The molecule has 0 amide bonds. The second-order valence-electron chi connectivity index (χ2n) is 4.32. The van der Waals surface area contributed by atoms with E-state index in [9.17, 15) is 8.42 Å². The normalized spacial score (nSPS) is 29.5. The molecule has 0 aliphatic carbocycles. The molecule has 1 N–H and O–H groups in total. The SMILES string of the molecule is CCOCCC1(CNC)CCS(=O)(=O)C1. The third-order valence-corrected chi connectivity index (χ3v) is 4.88. The van der Waals surface area contributed by atoms with Gasteiger partial charge in [-0.3, -0.25) is 0 Å². The smallest absolute Gasteiger partial charge is 0.150 e. The molecule has 1 saturated heterocycles. The van der Waals surface area contributed by atoms with Crippen LogP contribution in [0.15, 0.2) is 0 Å². The molecule has 1 unspecified atom stereocenters. The van der Waals surface area contributed by atoms with Gasteiger partial charge in [-0.25, -0.2) is 8.42 Å². The summed E-state index contributed by atoms with van der Waals surface area (Å²) in [5.74, 6) is 0.648. The Morgan fingerprint density at radius 2 is 2.20 bits per heavy atom. The van der Waals surface area contributed by atoms with Crippen molar-refractivity contribution in [3.63, 3.8) is 0 Å². The van der Waals surface area contributed by atoms with Gasteiger partial charge in [-0.2, -0.15) is 0 Å². The Hall–Kier alpha value is -0.130. The summed E-state index contributed by atoms with van der Waals surface area (Å²) in [5.41, 5.74) is -0.0945. The van der Waals surface area contributed by atoms with Crippen molar-refractivity contribution in [3.8, 4) is 0 Å². The quantitative estimate of drug-likeness (QED) is 0.679. The number of sulfone groups is 1. The minimum atomic E-state index is -2.81. The van der Waals surface area contributed by atoms with Crippen molar-refractivity contribution in [2.45, 2.75) is 19.8 Å². The van der Waals surface area contributed by atoms with Crippen LogP contribution in [-0.4, -0.2) is 46.7 Å². The van der Waals surface area contributed by atoms with Crippen LogP contribution in [0, 0.1) is 5.41 Å². The summed E-state index contributed by atoms with van der Waals surface area (Å²) in [5, 5.41) is 3.10. The first-order chi connectivity index (χ1) is 7.04. The Labute approximate surface area is 92.3 Å². The van der Waals surface area contributed by atoms with E-state index in [-0.39, 0.29) is 5.41 Å². The standard InChI is InChI=1S/C10H21NO3S/c1-3-14-6-4-10(8-11-2)5-7-15(12,13)9-10/h11H,3-9H2,1-2H3. The number of ether oxygens (including phenoxy) is 1. The maximum atomic E-state index is 11.5. The first-order valence-electron chi connectivity index (χ1n) is 5.46. The molecular weight excluding hydrogens is 214 g/mol. The molecule has 1 heterocycles. The van der Waals surface area contributed by atoms with E-state index in [0.29, 0.717) is 24.7 Å². The van der Waals surface area contributed by atoms with E-state index in [1.54, 1.807) is 0 Å². The first kappa shape index (κ1) is 12.9. The summed E-state index contributed by atoms with van der Waals surface area (Å²) in [7, 11) is -0.940. The highest BCUT2D eigenvalue weighted by molar-refractivity contribution is 7.91. The van der Waals surface area contributed by atoms with Gasteiger partial charge in [0.05, 0.1) is 11.5 Å². The molecule has 0 aromatic carbocycles. The molecule has 0 aromatic heterocycles. The first-order valence-corrected chi connectivity index (χ1v) is 7.28. The van der Waals surface area contributed by atoms with E-state index in [2.05, 4.69) is 5.32 Å². The van der Waals surface area contributed by atoms with Crippen molar-refractivity contribution in [2.24, 2.45) is 5.41 Å². The molecule has 0 saturated carbocycles. The molecule has 90 valence electrons. The van der Waals surface area contributed by atoms with Gasteiger partial charge >= 0.3 is 0 Å². The molecular formula is C10H21NO3S. The average Bonchev–Trinajstić information content (AvgIpc) is 2.44.